The summed E-state index contributed by atoms with van der Waals surface area (Å²) in [6, 6.07) is 15.6. The summed E-state index contributed by atoms with van der Waals surface area (Å²) < 4.78 is 0. The van der Waals surface area contributed by atoms with E-state index in [9.17, 15) is 9.90 Å². The molecule has 2 aromatic carbocycles. The Balaban J connectivity index is 2.13. The van der Waals surface area contributed by atoms with Gasteiger partial charge >= 0.3 is 5.97 Å². The Morgan fingerprint density at radius 3 is 2.46 bits per heavy atom. The van der Waals surface area contributed by atoms with E-state index in [4.69, 9.17) is 0 Å². The maximum Gasteiger partial charge on any atom is 0.336 e. The SMILES string of the molecule is CC[C@@H](C)c1ccc(-c2cc(C(=O)O)c3cc(C)ccc3n2)cc1. The first-order valence-electron chi connectivity index (χ1n) is 8.24. The highest BCUT2D eigenvalue weighted by Crippen LogP contribution is 2.27. The second kappa shape index (κ2) is 6.44. The summed E-state index contributed by atoms with van der Waals surface area (Å²) in [4.78, 5) is 16.3. The molecular weight excluding hydrogens is 298 g/mol. The van der Waals surface area contributed by atoms with Crippen molar-refractivity contribution in [1.82, 2.24) is 4.98 Å². The van der Waals surface area contributed by atoms with Gasteiger partial charge in [-0.3, -0.25) is 0 Å². The molecule has 0 radical (unpaired) electrons. The summed E-state index contributed by atoms with van der Waals surface area (Å²) in [5.74, 6) is -0.411. The van der Waals surface area contributed by atoms with Crippen molar-refractivity contribution in [3.8, 4) is 11.3 Å². The second-order valence-corrected chi connectivity index (χ2v) is 6.31. The number of carboxylic acid groups (broad SMARTS) is 1. The summed E-state index contributed by atoms with van der Waals surface area (Å²) in [6.07, 6.45) is 1.09. The van der Waals surface area contributed by atoms with Crippen LogP contribution in [-0.4, -0.2) is 16.1 Å². The lowest BCUT2D eigenvalue weighted by Crippen LogP contribution is -2.00. The number of pyridine rings is 1. The van der Waals surface area contributed by atoms with Crippen LogP contribution in [0.25, 0.3) is 22.2 Å². The van der Waals surface area contributed by atoms with E-state index in [-0.39, 0.29) is 0 Å². The van der Waals surface area contributed by atoms with Gasteiger partial charge in [0.05, 0.1) is 16.8 Å². The number of rotatable bonds is 4. The summed E-state index contributed by atoms with van der Waals surface area (Å²) in [7, 11) is 0. The first-order valence-corrected chi connectivity index (χ1v) is 8.24. The van der Waals surface area contributed by atoms with Crippen molar-refractivity contribution < 1.29 is 9.90 Å². The highest BCUT2D eigenvalue weighted by Gasteiger charge is 2.13. The van der Waals surface area contributed by atoms with Crippen LogP contribution in [0.15, 0.2) is 48.5 Å². The predicted octanol–water partition coefficient (Wildman–Crippen LogP) is 5.42. The third-order valence-corrected chi connectivity index (χ3v) is 4.58. The molecule has 3 nitrogen and oxygen atoms in total. The number of aromatic nitrogens is 1. The minimum absolute atomic E-state index is 0.296. The van der Waals surface area contributed by atoms with Gasteiger partial charge in [0, 0.05) is 10.9 Å². The molecule has 0 aliphatic heterocycles. The van der Waals surface area contributed by atoms with Crippen molar-refractivity contribution in [2.75, 3.05) is 0 Å². The molecule has 0 saturated carbocycles. The maximum absolute atomic E-state index is 11.7. The van der Waals surface area contributed by atoms with Gasteiger partial charge in [0.15, 0.2) is 0 Å². The van der Waals surface area contributed by atoms with Gasteiger partial charge in [-0.25, -0.2) is 9.78 Å². The Bertz CT molecular complexity index is 898. The van der Waals surface area contributed by atoms with E-state index in [1.165, 1.54) is 5.56 Å². The van der Waals surface area contributed by atoms with Gasteiger partial charge in [-0.1, -0.05) is 49.7 Å². The van der Waals surface area contributed by atoms with Crippen LogP contribution in [0, 0.1) is 6.92 Å². The van der Waals surface area contributed by atoms with Crippen LogP contribution in [0.5, 0.6) is 0 Å². The van der Waals surface area contributed by atoms with E-state index in [0.717, 1.165) is 17.5 Å². The largest absolute Gasteiger partial charge is 0.478 e. The molecule has 3 aromatic rings. The third-order valence-electron chi connectivity index (χ3n) is 4.58. The third kappa shape index (κ3) is 3.02. The molecular formula is C21H21NO2. The minimum Gasteiger partial charge on any atom is -0.478 e. The summed E-state index contributed by atoms with van der Waals surface area (Å²) in [5.41, 5.74) is 4.95. The normalized spacial score (nSPS) is 12.3. The van der Waals surface area contributed by atoms with E-state index in [2.05, 4.69) is 31.0 Å². The van der Waals surface area contributed by atoms with Gasteiger partial charge in [0.1, 0.15) is 0 Å². The molecule has 0 aliphatic carbocycles. The fourth-order valence-corrected chi connectivity index (χ4v) is 2.88. The first kappa shape index (κ1) is 16.2. The van der Waals surface area contributed by atoms with E-state index in [1.54, 1.807) is 6.07 Å². The molecule has 0 amide bonds. The van der Waals surface area contributed by atoms with Crippen molar-refractivity contribution in [2.24, 2.45) is 0 Å². The van der Waals surface area contributed by atoms with Crippen molar-refractivity contribution >= 4 is 16.9 Å². The second-order valence-electron chi connectivity index (χ2n) is 6.31. The van der Waals surface area contributed by atoms with Gasteiger partial charge in [0.25, 0.3) is 0 Å². The van der Waals surface area contributed by atoms with Crippen molar-refractivity contribution in [2.45, 2.75) is 33.1 Å². The van der Waals surface area contributed by atoms with E-state index in [0.29, 0.717) is 28.1 Å². The predicted molar refractivity (Wildman–Crippen MR) is 97.6 cm³/mol. The fraction of sp³-hybridized carbons (Fsp3) is 0.238. The summed E-state index contributed by atoms with van der Waals surface area (Å²) >= 11 is 0. The van der Waals surface area contributed by atoms with Crippen LogP contribution in [0.4, 0.5) is 0 Å². The molecule has 0 fully saturated rings. The number of aromatic carboxylic acids is 1. The van der Waals surface area contributed by atoms with Crippen LogP contribution in [-0.2, 0) is 0 Å². The number of aryl methyl sites for hydroxylation is 1. The molecule has 1 N–H and O–H groups in total. The van der Waals surface area contributed by atoms with Crippen molar-refractivity contribution in [3.05, 3.63) is 65.2 Å². The zero-order valence-electron chi connectivity index (χ0n) is 14.2. The number of fused-ring (bicyclic) bond motifs is 1. The lowest BCUT2D eigenvalue weighted by molar-refractivity contribution is 0.0699. The number of hydrogen-bond donors (Lipinski definition) is 1. The van der Waals surface area contributed by atoms with Gasteiger partial charge < -0.3 is 5.11 Å². The maximum atomic E-state index is 11.7. The number of hydrogen-bond acceptors (Lipinski definition) is 2. The topological polar surface area (TPSA) is 50.2 Å². The van der Waals surface area contributed by atoms with E-state index < -0.39 is 5.97 Å². The molecule has 0 aliphatic rings. The van der Waals surface area contributed by atoms with E-state index in [1.807, 2.05) is 37.3 Å². The summed E-state index contributed by atoms with van der Waals surface area (Å²) in [6.45, 7) is 6.32. The number of carboxylic acids is 1. The molecule has 122 valence electrons. The van der Waals surface area contributed by atoms with Crippen LogP contribution < -0.4 is 0 Å². The molecule has 0 spiro atoms. The van der Waals surface area contributed by atoms with E-state index >= 15 is 0 Å². The molecule has 0 saturated heterocycles. The number of benzene rings is 2. The fourth-order valence-electron chi connectivity index (χ4n) is 2.88. The monoisotopic (exact) mass is 319 g/mol. The Morgan fingerprint density at radius 2 is 1.83 bits per heavy atom. The van der Waals surface area contributed by atoms with Crippen molar-refractivity contribution in [1.29, 1.82) is 0 Å². The average molecular weight is 319 g/mol. The molecule has 24 heavy (non-hydrogen) atoms. The minimum atomic E-state index is -0.925. The number of carbonyl (C=O) groups is 1. The number of nitrogens with zero attached hydrogens (tertiary/aromatic N) is 1. The van der Waals surface area contributed by atoms with Gasteiger partial charge in [-0.15, -0.1) is 0 Å². The zero-order chi connectivity index (χ0) is 17.3. The van der Waals surface area contributed by atoms with Gasteiger partial charge in [-0.05, 0) is 43.0 Å². The average Bonchev–Trinajstić information content (AvgIpc) is 2.60. The Labute approximate surface area is 142 Å². The molecule has 0 unspecified atom stereocenters. The quantitative estimate of drug-likeness (QED) is 0.698. The molecule has 1 heterocycles. The first-order chi connectivity index (χ1) is 11.5. The molecule has 3 rings (SSSR count). The van der Waals surface area contributed by atoms with Gasteiger partial charge in [0.2, 0.25) is 0 Å². The smallest absolute Gasteiger partial charge is 0.336 e. The highest BCUT2D eigenvalue weighted by molar-refractivity contribution is 6.03. The zero-order valence-corrected chi connectivity index (χ0v) is 14.2. The molecule has 0 bridgehead atoms. The van der Waals surface area contributed by atoms with Crippen LogP contribution in [0.3, 0.4) is 0 Å². The molecule has 3 heteroatoms. The standard InChI is InChI=1S/C21H21NO2/c1-4-14(3)15-6-8-16(9-7-15)20-12-18(21(23)24)17-11-13(2)5-10-19(17)22-20/h5-12,14H,4H2,1-3H3,(H,23,24)/t14-/m1/s1. The Morgan fingerprint density at radius 1 is 1.12 bits per heavy atom. The lowest BCUT2D eigenvalue weighted by atomic mass is 9.96. The Kier molecular flexibility index (Phi) is 4.34. The summed E-state index contributed by atoms with van der Waals surface area (Å²) in [5, 5.41) is 10.2. The van der Waals surface area contributed by atoms with Crippen LogP contribution in [0.1, 0.15) is 47.7 Å². The van der Waals surface area contributed by atoms with Gasteiger partial charge in [-0.2, -0.15) is 0 Å². The van der Waals surface area contributed by atoms with Crippen molar-refractivity contribution in [3.63, 3.8) is 0 Å². The highest BCUT2D eigenvalue weighted by atomic mass is 16.4. The van der Waals surface area contributed by atoms with Crippen LogP contribution >= 0.6 is 0 Å². The Hall–Kier alpha value is -2.68. The lowest BCUT2D eigenvalue weighted by Gasteiger charge is -2.11. The van der Waals surface area contributed by atoms with Crippen LogP contribution in [0.2, 0.25) is 0 Å². The molecule has 1 atom stereocenters. The molecule has 1 aromatic heterocycles.